The predicted molar refractivity (Wildman–Crippen MR) is 109 cm³/mol. The van der Waals surface area contributed by atoms with Crippen LogP contribution >= 0.6 is 0 Å². The van der Waals surface area contributed by atoms with Crippen LogP contribution in [0.15, 0.2) is 48.7 Å². The quantitative estimate of drug-likeness (QED) is 0.667. The van der Waals surface area contributed by atoms with Gasteiger partial charge in [-0.05, 0) is 24.3 Å². The Hall–Kier alpha value is -3.11. The molecule has 0 saturated carbocycles. The number of hydrogen-bond donors (Lipinski definition) is 1. The van der Waals surface area contributed by atoms with Crippen molar-refractivity contribution >= 4 is 5.82 Å². The number of aromatic nitrogens is 4. The summed E-state index contributed by atoms with van der Waals surface area (Å²) in [5.41, 5.74) is 0.771. The summed E-state index contributed by atoms with van der Waals surface area (Å²) in [5, 5.41) is 17.7. The molecule has 0 atom stereocenters. The molecule has 3 aromatic rings. The number of aliphatic hydroxyl groups excluding tert-OH is 1. The molecule has 3 heterocycles. The van der Waals surface area contributed by atoms with Crippen molar-refractivity contribution in [1.29, 1.82) is 0 Å². The summed E-state index contributed by atoms with van der Waals surface area (Å²) in [7, 11) is 0. The van der Waals surface area contributed by atoms with Gasteiger partial charge in [0.05, 0.1) is 12.2 Å². The van der Waals surface area contributed by atoms with Crippen LogP contribution in [0.1, 0.15) is 5.56 Å². The lowest BCUT2D eigenvalue weighted by atomic mass is 10.1. The van der Waals surface area contributed by atoms with Crippen molar-refractivity contribution in [3.8, 4) is 22.8 Å². The Kier molecular flexibility index (Phi) is 6.10. The van der Waals surface area contributed by atoms with Crippen LogP contribution in [0.5, 0.6) is 0 Å². The van der Waals surface area contributed by atoms with Gasteiger partial charge in [0.25, 0.3) is 0 Å². The molecule has 1 saturated heterocycles. The fourth-order valence-corrected chi connectivity index (χ4v) is 3.47. The van der Waals surface area contributed by atoms with Gasteiger partial charge in [0.1, 0.15) is 11.4 Å². The summed E-state index contributed by atoms with van der Waals surface area (Å²) in [6.07, 6.45) is -2.77. The summed E-state index contributed by atoms with van der Waals surface area (Å²) in [6.45, 7) is 3.45. The monoisotopic (exact) mass is 430 g/mol. The van der Waals surface area contributed by atoms with Crippen LogP contribution in [0.4, 0.5) is 19.0 Å². The van der Waals surface area contributed by atoms with E-state index in [0.717, 1.165) is 25.2 Å². The Bertz CT molecular complexity index is 1010. The van der Waals surface area contributed by atoms with Crippen LogP contribution in [0.2, 0.25) is 0 Å². The van der Waals surface area contributed by atoms with Gasteiger partial charge >= 0.3 is 6.18 Å². The third-order valence-electron chi connectivity index (χ3n) is 5.14. The van der Waals surface area contributed by atoms with Gasteiger partial charge < -0.3 is 10.0 Å². The van der Waals surface area contributed by atoms with Crippen molar-refractivity contribution < 1.29 is 18.3 Å². The molecule has 0 bridgehead atoms. The van der Waals surface area contributed by atoms with Gasteiger partial charge in [0, 0.05) is 44.5 Å². The van der Waals surface area contributed by atoms with Crippen LogP contribution in [-0.4, -0.2) is 69.5 Å². The Labute approximate surface area is 177 Å². The number of pyridine rings is 1. The summed E-state index contributed by atoms with van der Waals surface area (Å²) < 4.78 is 38.9. The average molecular weight is 430 g/mol. The smallest absolute Gasteiger partial charge is 0.395 e. The highest BCUT2D eigenvalue weighted by Crippen LogP contribution is 2.33. The van der Waals surface area contributed by atoms with Crippen molar-refractivity contribution in [3.63, 3.8) is 0 Å². The van der Waals surface area contributed by atoms with Crippen molar-refractivity contribution in [2.75, 3.05) is 44.2 Å². The minimum absolute atomic E-state index is 0.0929. The van der Waals surface area contributed by atoms with Crippen LogP contribution in [0.25, 0.3) is 22.8 Å². The normalized spacial score (nSPS) is 15.3. The first-order chi connectivity index (χ1) is 15.0. The molecule has 4 rings (SSSR count). The second kappa shape index (κ2) is 8.94. The van der Waals surface area contributed by atoms with E-state index >= 15 is 0 Å². The molecule has 0 radical (unpaired) electrons. The number of anilines is 1. The first kappa shape index (κ1) is 21.1. The molecule has 162 valence electrons. The molecule has 0 spiro atoms. The van der Waals surface area contributed by atoms with Crippen LogP contribution in [0, 0.1) is 0 Å². The topological polar surface area (TPSA) is 78.3 Å². The molecule has 1 fully saturated rings. The summed E-state index contributed by atoms with van der Waals surface area (Å²) >= 11 is 0. The van der Waals surface area contributed by atoms with Gasteiger partial charge in [0.2, 0.25) is 5.82 Å². The Balaban J connectivity index is 1.71. The third kappa shape index (κ3) is 4.80. The zero-order chi connectivity index (χ0) is 21.8. The maximum absolute atomic E-state index is 13.0. The summed E-state index contributed by atoms with van der Waals surface area (Å²) in [4.78, 5) is 13.1. The fraction of sp³-hybridized carbons (Fsp3) is 0.333. The van der Waals surface area contributed by atoms with Crippen LogP contribution in [0.3, 0.4) is 0 Å². The number of halogens is 3. The summed E-state index contributed by atoms with van der Waals surface area (Å²) in [6, 6.07) is 10.2. The lowest BCUT2D eigenvalue weighted by Crippen LogP contribution is -2.47. The van der Waals surface area contributed by atoms with Crippen molar-refractivity contribution in [3.05, 3.63) is 54.2 Å². The van der Waals surface area contributed by atoms with Crippen LogP contribution < -0.4 is 4.90 Å². The lowest BCUT2D eigenvalue weighted by molar-refractivity contribution is -0.137. The zero-order valence-corrected chi connectivity index (χ0v) is 16.6. The van der Waals surface area contributed by atoms with Gasteiger partial charge in [0.15, 0.2) is 5.82 Å². The molecule has 7 nitrogen and oxygen atoms in total. The molecule has 1 aromatic carbocycles. The van der Waals surface area contributed by atoms with E-state index in [-0.39, 0.29) is 6.61 Å². The first-order valence-electron chi connectivity index (χ1n) is 9.87. The third-order valence-corrected chi connectivity index (χ3v) is 5.14. The van der Waals surface area contributed by atoms with E-state index in [2.05, 4.69) is 25.1 Å². The molecule has 10 heteroatoms. The van der Waals surface area contributed by atoms with Crippen molar-refractivity contribution in [2.24, 2.45) is 0 Å². The highest BCUT2D eigenvalue weighted by atomic mass is 19.4. The Morgan fingerprint density at radius 2 is 1.68 bits per heavy atom. The number of benzene rings is 1. The van der Waals surface area contributed by atoms with E-state index in [9.17, 15) is 13.2 Å². The second-order valence-corrected chi connectivity index (χ2v) is 7.15. The standard InChI is InChI=1S/C21H21F3N6O/c22-21(23,24)16-6-4-15(5-7-16)18-20(30-11-9-29(10-12-30)13-14-31)26-19(28-27-18)17-3-1-2-8-25-17/h1-8,31H,9-14H2. The largest absolute Gasteiger partial charge is 0.416 e. The molecule has 1 aliphatic rings. The molecule has 0 unspecified atom stereocenters. The molecule has 0 aliphatic carbocycles. The number of rotatable bonds is 5. The molecule has 2 aromatic heterocycles. The maximum Gasteiger partial charge on any atom is 0.416 e. The van der Waals surface area contributed by atoms with E-state index < -0.39 is 11.7 Å². The predicted octanol–water partition coefficient (Wildman–Crippen LogP) is 2.73. The molecule has 1 aliphatic heterocycles. The van der Waals surface area contributed by atoms with Gasteiger partial charge in [-0.2, -0.15) is 13.2 Å². The highest BCUT2D eigenvalue weighted by Gasteiger charge is 2.30. The van der Waals surface area contributed by atoms with Crippen molar-refractivity contribution in [1.82, 2.24) is 25.1 Å². The van der Waals surface area contributed by atoms with Crippen molar-refractivity contribution in [2.45, 2.75) is 6.18 Å². The van der Waals surface area contributed by atoms with Gasteiger partial charge in [-0.25, -0.2) is 4.98 Å². The molecule has 0 amide bonds. The molecule has 1 N–H and O–H groups in total. The number of hydrogen-bond acceptors (Lipinski definition) is 7. The number of β-amino-alcohol motifs (C(OH)–C–C–N with tert-alkyl or cyclic N) is 1. The molecular weight excluding hydrogens is 409 g/mol. The van der Waals surface area contributed by atoms with E-state index in [0.29, 0.717) is 48.2 Å². The minimum Gasteiger partial charge on any atom is -0.395 e. The average Bonchev–Trinajstić information content (AvgIpc) is 2.80. The van der Waals surface area contributed by atoms with E-state index in [1.165, 1.54) is 12.1 Å². The molecular formula is C21H21F3N6O. The van der Waals surface area contributed by atoms with Gasteiger partial charge in [-0.3, -0.25) is 9.88 Å². The maximum atomic E-state index is 13.0. The van der Waals surface area contributed by atoms with E-state index in [1.54, 1.807) is 18.3 Å². The number of piperazine rings is 1. The number of aliphatic hydroxyl groups is 1. The Morgan fingerprint density at radius 3 is 2.29 bits per heavy atom. The molecule has 31 heavy (non-hydrogen) atoms. The lowest BCUT2D eigenvalue weighted by Gasteiger charge is -2.35. The Morgan fingerprint density at radius 1 is 0.935 bits per heavy atom. The fourth-order valence-electron chi connectivity index (χ4n) is 3.47. The number of alkyl halides is 3. The first-order valence-corrected chi connectivity index (χ1v) is 9.87. The van der Waals surface area contributed by atoms with Gasteiger partial charge in [-0.15, -0.1) is 10.2 Å². The number of nitrogens with zero attached hydrogens (tertiary/aromatic N) is 6. The highest BCUT2D eigenvalue weighted by molar-refractivity contribution is 5.73. The zero-order valence-electron chi connectivity index (χ0n) is 16.6. The summed E-state index contributed by atoms with van der Waals surface area (Å²) in [5.74, 6) is 0.906. The van der Waals surface area contributed by atoms with E-state index in [1.807, 2.05) is 11.0 Å². The van der Waals surface area contributed by atoms with E-state index in [4.69, 9.17) is 5.11 Å². The second-order valence-electron chi connectivity index (χ2n) is 7.15. The minimum atomic E-state index is -4.41. The van der Waals surface area contributed by atoms with Crippen LogP contribution in [-0.2, 0) is 6.18 Å². The SMILES string of the molecule is OCCN1CCN(c2nc(-c3ccccn3)nnc2-c2ccc(C(F)(F)F)cc2)CC1. The van der Waals surface area contributed by atoms with Gasteiger partial charge in [-0.1, -0.05) is 18.2 Å².